The van der Waals surface area contributed by atoms with E-state index in [9.17, 15) is 19.8 Å². The van der Waals surface area contributed by atoms with Gasteiger partial charge in [-0.1, -0.05) is 36.4 Å². The summed E-state index contributed by atoms with van der Waals surface area (Å²) in [6, 6.07) is 14.4. The molecule has 0 saturated heterocycles. The minimum absolute atomic E-state index is 0.0527. The van der Waals surface area contributed by atoms with Gasteiger partial charge >= 0.3 is 11.9 Å². The van der Waals surface area contributed by atoms with Crippen LogP contribution in [0.15, 0.2) is 60.9 Å². The predicted octanol–water partition coefficient (Wildman–Crippen LogP) is 3.64. The summed E-state index contributed by atoms with van der Waals surface area (Å²) in [6.45, 7) is 0. The molecule has 202 valence electrons. The second-order valence-electron chi connectivity index (χ2n) is 7.79. The number of benzene rings is 2. The number of ether oxygens (including phenoxy) is 6. The molecule has 2 atom stereocenters. The van der Waals surface area contributed by atoms with E-state index < -0.39 is 36.4 Å². The Bertz CT molecular complexity index is 1140. The number of nitrogens with zero attached hydrogens (tertiary/aromatic N) is 2. The van der Waals surface area contributed by atoms with Gasteiger partial charge in [-0.05, 0) is 12.1 Å². The fourth-order valence-corrected chi connectivity index (χ4v) is 3.85. The van der Waals surface area contributed by atoms with Crippen molar-refractivity contribution in [1.82, 2.24) is 9.97 Å². The van der Waals surface area contributed by atoms with Gasteiger partial charge in [0.05, 0.1) is 6.07 Å². The van der Waals surface area contributed by atoms with Crippen molar-refractivity contribution in [3.8, 4) is 23.3 Å². The molecule has 2 unspecified atom stereocenters. The SMILES string of the molecule is COC(OC)C(C(=O)O)c1ccccc1Oc1cc(Oc2ccccc2C(C(=O)O)C(OC)OC)ncn1. The Hall–Kier alpha value is -4.10. The van der Waals surface area contributed by atoms with Gasteiger partial charge in [-0.2, -0.15) is 0 Å². The van der Waals surface area contributed by atoms with Gasteiger partial charge in [-0.3, -0.25) is 9.59 Å². The monoisotopic (exact) mass is 528 g/mol. The number of carboxylic acid groups (broad SMARTS) is 2. The summed E-state index contributed by atoms with van der Waals surface area (Å²) in [4.78, 5) is 32.2. The third-order valence-electron chi connectivity index (χ3n) is 5.56. The van der Waals surface area contributed by atoms with Crippen LogP contribution in [0, 0.1) is 0 Å². The highest BCUT2D eigenvalue weighted by atomic mass is 16.7. The maximum atomic E-state index is 12.0. The molecular formula is C26H28N2O10. The summed E-state index contributed by atoms with van der Waals surface area (Å²) in [5.74, 6) is -4.20. The molecule has 2 N–H and O–H groups in total. The number of para-hydroxylation sites is 2. The summed E-state index contributed by atoms with van der Waals surface area (Å²) in [5, 5.41) is 19.6. The molecule has 0 aliphatic rings. The molecule has 0 aliphatic heterocycles. The lowest BCUT2D eigenvalue weighted by Crippen LogP contribution is -2.29. The van der Waals surface area contributed by atoms with Crippen LogP contribution in [0.1, 0.15) is 23.0 Å². The zero-order chi connectivity index (χ0) is 27.7. The molecule has 0 aliphatic carbocycles. The van der Waals surface area contributed by atoms with Crippen molar-refractivity contribution in [2.24, 2.45) is 0 Å². The molecule has 2 aromatic carbocycles. The van der Waals surface area contributed by atoms with Crippen molar-refractivity contribution in [2.45, 2.75) is 24.4 Å². The smallest absolute Gasteiger partial charge is 0.316 e. The molecule has 0 saturated carbocycles. The highest BCUT2D eigenvalue weighted by molar-refractivity contribution is 5.78. The average molecular weight is 529 g/mol. The zero-order valence-electron chi connectivity index (χ0n) is 21.1. The average Bonchev–Trinajstić information content (AvgIpc) is 2.91. The first-order valence-electron chi connectivity index (χ1n) is 11.3. The van der Waals surface area contributed by atoms with Crippen LogP contribution in [-0.4, -0.2) is 73.1 Å². The molecule has 1 aromatic heterocycles. The molecule has 1 heterocycles. The Morgan fingerprint density at radius 1 is 0.658 bits per heavy atom. The largest absolute Gasteiger partial charge is 0.481 e. The number of carboxylic acids is 2. The number of rotatable bonds is 14. The van der Waals surface area contributed by atoms with Crippen molar-refractivity contribution in [2.75, 3.05) is 28.4 Å². The van der Waals surface area contributed by atoms with Crippen molar-refractivity contribution in [3.63, 3.8) is 0 Å². The lowest BCUT2D eigenvalue weighted by molar-refractivity contribution is -0.161. The summed E-state index contributed by atoms with van der Waals surface area (Å²) < 4.78 is 32.6. The van der Waals surface area contributed by atoms with Crippen LogP contribution in [0.3, 0.4) is 0 Å². The lowest BCUT2D eigenvalue weighted by atomic mass is 9.97. The van der Waals surface area contributed by atoms with Gasteiger partial charge < -0.3 is 38.6 Å². The summed E-state index contributed by atoms with van der Waals surface area (Å²) >= 11 is 0. The maximum absolute atomic E-state index is 12.0. The molecule has 3 aromatic rings. The third-order valence-corrected chi connectivity index (χ3v) is 5.56. The number of aromatic nitrogens is 2. The van der Waals surface area contributed by atoms with Crippen LogP contribution in [-0.2, 0) is 28.5 Å². The van der Waals surface area contributed by atoms with Crippen LogP contribution < -0.4 is 9.47 Å². The zero-order valence-corrected chi connectivity index (χ0v) is 21.1. The minimum atomic E-state index is -1.19. The number of hydrogen-bond acceptors (Lipinski definition) is 10. The van der Waals surface area contributed by atoms with Gasteiger partial charge in [-0.15, -0.1) is 0 Å². The number of methoxy groups -OCH3 is 4. The molecule has 0 amide bonds. The molecule has 12 nitrogen and oxygen atoms in total. The van der Waals surface area contributed by atoms with Gasteiger partial charge in [0.1, 0.15) is 29.7 Å². The first kappa shape index (κ1) is 28.5. The van der Waals surface area contributed by atoms with Crippen molar-refractivity contribution >= 4 is 11.9 Å². The fourth-order valence-electron chi connectivity index (χ4n) is 3.85. The second kappa shape index (κ2) is 13.4. The number of hydrogen-bond donors (Lipinski definition) is 2. The normalized spacial score (nSPS) is 12.8. The van der Waals surface area contributed by atoms with E-state index in [0.717, 1.165) is 0 Å². The molecule has 0 fully saturated rings. The molecule has 3 rings (SSSR count). The van der Waals surface area contributed by atoms with E-state index in [1.807, 2.05) is 0 Å². The van der Waals surface area contributed by atoms with E-state index in [-0.39, 0.29) is 23.3 Å². The van der Waals surface area contributed by atoms with Gasteiger partial charge in [-0.25, -0.2) is 9.97 Å². The van der Waals surface area contributed by atoms with Crippen molar-refractivity contribution < 1.29 is 48.2 Å². The third kappa shape index (κ3) is 6.61. The Labute approximate surface area is 218 Å². The second-order valence-corrected chi connectivity index (χ2v) is 7.79. The van der Waals surface area contributed by atoms with Crippen LogP contribution in [0.2, 0.25) is 0 Å². The predicted molar refractivity (Wildman–Crippen MR) is 131 cm³/mol. The molecule has 38 heavy (non-hydrogen) atoms. The molecule has 0 bridgehead atoms. The number of carbonyl (C=O) groups is 2. The van der Waals surface area contributed by atoms with Gasteiger partial charge in [0, 0.05) is 39.6 Å². The fraction of sp³-hybridized carbons (Fsp3) is 0.308. The van der Waals surface area contributed by atoms with Gasteiger partial charge in [0.15, 0.2) is 12.6 Å². The maximum Gasteiger partial charge on any atom is 0.316 e. The van der Waals surface area contributed by atoms with Crippen molar-refractivity contribution in [1.29, 1.82) is 0 Å². The summed E-state index contributed by atoms with van der Waals surface area (Å²) in [6.07, 6.45) is -0.939. The van der Waals surface area contributed by atoms with E-state index in [0.29, 0.717) is 11.1 Å². The topological polar surface area (TPSA) is 156 Å². The van der Waals surface area contributed by atoms with Crippen LogP contribution in [0.25, 0.3) is 0 Å². The molecule has 12 heteroatoms. The first-order chi connectivity index (χ1) is 18.3. The molecule has 0 radical (unpaired) electrons. The van der Waals surface area contributed by atoms with Crippen LogP contribution >= 0.6 is 0 Å². The Kier molecular flexibility index (Phi) is 10.1. The van der Waals surface area contributed by atoms with E-state index >= 15 is 0 Å². The first-order valence-corrected chi connectivity index (χ1v) is 11.3. The Morgan fingerprint density at radius 3 is 1.37 bits per heavy atom. The highest BCUT2D eigenvalue weighted by Gasteiger charge is 2.34. The Morgan fingerprint density at radius 2 is 1.03 bits per heavy atom. The lowest BCUT2D eigenvalue weighted by Gasteiger charge is -2.23. The minimum Gasteiger partial charge on any atom is -0.481 e. The van der Waals surface area contributed by atoms with Gasteiger partial charge in [0.2, 0.25) is 11.8 Å². The highest BCUT2D eigenvalue weighted by Crippen LogP contribution is 2.36. The van der Waals surface area contributed by atoms with Gasteiger partial charge in [0.25, 0.3) is 0 Å². The van der Waals surface area contributed by atoms with E-state index in [4.69, 9.17) is 28.4 Å². The van der Waals surface area contributed by atoms with E-state index in [1.54, 1.807) is 48.5 Å². The molecule has 0 spiro atoms. The van der Waals surface area contributed by atoms with Crippen LogP contribution in [0.5, 0.6) is 23.3 Å². The van der Waals surface area contributed by atoms with E-state index in [1.165, 1.54) is 40.8 Å². The summed E-state index contributed by atoms with van der Waals surface area (Å²) in [5.41, 5.74) is 0.601. The van der Waals surface area contributed by atoms with E-state index in [2.05, 4.69) is 9.97 Å². The standard InChI is InChI=1S/C26H28N2O10/c1-33-25(34-2)21(23(29)30)15-9-5-7-11-17(15)37-19-13-20(28-14-27-19)38-18-12-8-6-10-16(18)22(24(31)32)26(35-3)36-4/h5-14,21-22,25-26H,1-4H3,(H,29,30)(H,31,32). The Balaban J connectivity index is 1.93. The quantitative estimate of drug-likeness (QED) is 0.293. The van der Waals surface area contributed by atoms with Crippen LogP contribution in [0.4, 0.5) is 0 Å². The van der Waals surface area contributed by atoms with Crippen molar-refractivity contribution in [3.05, 3.63) is 72.1 Å². The molecular weight excluding hydrogens is 500 g/mol. The summed E-state index contributed by atoms with van der Waals surface area (Å²) in [7, 11) is 5.37. The number of aliphatic carboxylic acids is 2.